The number of anilines is 1. The second kappa shape index (κ2) is 7.37. The van der Waals surface area contributed by atoms with E-state index in [0.717, 1.165) is 16.5 Å². The molecule has 0 spiro atoms. The lowest BCUT2D eigenvalue weighted by Crippen LogP contribution is -2.27. The standard InChI is InChI=1S/C20H20N2O.ClH/c1-13-10-11-16(21)12-19(13)20(23)22-14(2)17-9-5-7-15-6-3-4-8-18(15)17;/h3-12,14H,21H2,1-2H3,(H,22,23);1H/t14-;/m1./s1. The number of amides is 1. The van der Waals surface area contributed by atoms with Crippen LogP contribution < -0.4 is 11.1 Å². The van der Waals surface area contributed by atoms with Gasteiger partial charge in [-0.15, -0.1) is 12.4 Å². The Kier molecular flexibility index (Phi) is 5.47. The Morgan fingerprint density at radius 1 is 1.04 bits per heavy atom. The van der Waals surface area contributed by atoms with Crippen LogP contribution in [0.5, 0.6) is 0 Å². The minimum atomic E-state index is -0.102. The highest BCUT2D eigenvalue weighted by Gasteiger charge is 2.15. The van der Waals surface area contributed by atoms with E-state index in [0.29, 0.717) is 11.3 Å². The molecule has 3 aromatic carbocycles. The topological polar surface area (TPSA) is 55.1 Å². The second-order valence-electron chi connectivity index (χ2n) is 5.84. The highest BCUT2D eigenvalue weighted by atomic mass is 35.5. The van der Waals surface area contributed by atoms with E-state index in [4.69, 9.17) is 5.73 Å². The number of hydrogen-bond acceptors (Lipinski definition) is 2. The zero-order chi connectivity index (χ0) is 16.4. The van der Waals surface area contributed by atoms with Crippen molar-refractivity contribution in [1.82, 2.24) is 5.32 Å². The summed E-state index contributed by atoms with van der Waals surface area (Å²) in [6.07, 6.45) is 0. The Morgan fingerprint density at radius 2 is 1.75 bits per heavy atom. The molecule has 3 nitrogen and oxygen atoms in total. The smallest absolute Gasteiger partial charge is 0.252 e. The molecule has 124 valence electrons. The third-order valence-corrected chi connectivity index (χ3v) is 4.14. The first kappa shape index (κ1) is 17.8. The van der Waals surface area contributed by atoms with Crippen LogP contribution in [0.3, 0.4) is 0 Å². The third-order valence-electron chi connectivity index (χ3n) is 4.14. The molecule has 0 saturated heterocycles. The van der Waals surface area contributed by atoms with E-state index in [2.05, 4.69) is 29.6 Å². The van der Waals surface area contributed by atoms with Crippen LogP contribution in [0.15, 0.2) is 60.7 Å². The van der Waals surface area contributed by atoms with Crippen LogP contribution in [0.25, 0.3) is 10.8 Å². The highest BCUT2D eigenvalue weighted by molar-refractivity contribution is 5.97. The quantitative estimate of drug-likeness (QED) is 0.682. The summed E-state index contributed by atoms with van der Waals surface area (Å²) in [4.78, 5) is 12.6. The highest BCUT2D eigenvalue weighted by Crippen LogP contribution is 2.24. The van der Waals surface area contributed by atoms with E-state index < -0.39 is 0 Å². The summed E-state index contributed by atoms with van der Waals surface area (Å²) in [5.74, 6) is -0.102. The molecule has 0 aliphatic rings. The van der Waals surface area contributed by atoms with Crippen molar-refractivity contribution in [2.75, 3.05) is 5.73 Å². The fourth-order valence-corrected chi connectivity index (χ4v) is 2.86. The van der Waals surface area contributed by atoms with Crippen LogP contribution in [0.4, 0.5) is 5.69 Å². The number of benzene rings is 3. The zero-order valence-electron chi connectivity index (χ0n) is 13.7. The molecule has 0 aliphatic heterocycles. The van der Waals surface area contributed by atoms with Crippen LogP contribution >= 0.6 is 12.4 Å². The summed E-state index contributed by atoms with van der Waals surface area (Å²) in [5, 5.41) is 5.41. The minimum Gasteiger partial charge on any atom is -0.399 e. The number of nitrogens with two attached hydrogens (primary N) is 1. The second-order valence-corrected chi connectivity index (χ2v) is 5.84. The van der Waals surface area contributed by atoms with Crippen LogP contribution in [-0.4, -0.2) is 5.91 Å². The Morgan fingerprint density at radius 3 is 2.54 bits per heavy atom. The number of rotatable bonds is 3. The van der Waals surface area contributed by atoms with Crippen LogP contribution in [0.1, 0.15) is 34.5 Å². The van der Waals surface area contributed by atoms with Crippen LogP contribution in [-0.2, 0) is 0 Å². The number of halogens is 1. The van der Waals surface area contributed by atoms with Gasteiger partial charge in [-0.2, -0.15) is 0 Å². The van der Waals surface area contributed by atoms with Crippen molar-refractivity contribution in [3.63, 3.8) is 0 Å². The van der Waals surface area contributed by atoms with Gasteiger partial charge in [-0.1, -0.05) is 48.5 Å². The number of nitrogens with one attached hydrogen (secondary N) is 1. The predicted molar refractivity (Wildman–Crippen MR) is 103 cm³/mol. The molecule has 0 aliphatic carbocycles. The van der Waals surface area contributed by atoms with E-state index in [1.165, 1.54) is 5.39 Å². The van der Waals surface area contributed by atoms with Gasteiger partial charge in [-0.05, 0) is 47.9 Å². The van der Waals surface area contributed by atoms with Gasteiger partial charge in [0.25, 0.3) is 5.91 Å². The zero-order valence-corrected chi connectivity index (χ0v) is 14.6. The molecule has 0 aromatic heterocycles. The van der Waals surface area contributed by atoms with Crippen molar-refractivity contribution in [1.29, 1.82) is 0 Å². The first-order chi connectivity index (χ1) is 11.1. The van der Waals surface area contributed by atoms with Gasteiger partial charge in [0.15, 0.2) is 0 Å². The minimum absolute atomic E-state index is 0. The van der Waals surface area contributed by atoms with Crippen molar-refractivity contribution >= 4 is 34.8 Å². The summed E-state index contributed by atoms with van der Waals surface area (Å²) in [7, 11) is 0. The molecule has 0 radical (unpaired) electrons. The molecule has 3 aromatic rings. The van der Waals surface area contributed by atoms with Gasteiger partial charge in [0.2, 0.25) is 0 Å². The summed E-state index contributed by atoms with van der Waals surface area (Å²) >= 11 is 0. The third kappa shape index (κ3) is 3.52. The van der Waals surface area contributed by atoms with Gasteiger partial charge >= 0.3 is 0 Å². The molecule has 1 atom stereocenters. The maximum atomic E-state index is 12.6. The van der Waals surface area contributed by atoms with E-state index in [1.807, 2.05) is 38.1 Å². The van der Waals surface area contributed by atoms with Gasteiger partial charge in [-0.25, -0.2) is 0 Å². The van der Waals surface area contributed by atoms with Crippen molar-refractivity contribution in [2.45, 2.75) is 19.9 Å². The fourth-order valence-electron chi connectivity index (χ4n) is 2.86. The number of aryl methyl sites for hydroxylation is 1. The number of nitrogen functional groups attached to an aromatic ring is 1. The molecule has 3 rings (SSSR count). The Balaban J connectivity index is 0.00000208. The van der Waals surface area contributed by atoms with Crippen molar-refractivity contribution in [3.8, 4) is 0 Å². The van der Waals surface area contributed by atoms with Crippen molar-refractivity contribution < 1.29 is 4.79 Å². The van der Waals surface area contributed by atoms with Gasteiger partial charge in [0, 0.05) is 11.3 Å². The maximum Gasteiger partial charge on any atom is 0.252 e. The predicted octanol–water partition coefficient (Wildman–Crippen LogP) is 4.64. The SMILES string of the molecule is Cc1ccc(N)cc1C(=O)N[C@H](C)c1cccc2ccccc12.Cl. The van der Waals surface area contributed by atoms with Gasteiger partial charge in [-0.3, -0.25) is 4.79 Å². The molecule has 0 fully saturated rings. The van der Waals surface area contributed by atoms with E-state index in [1.54, 1.807) is 12.1 Å². The first-order valence-electron chi connectivity index (χ1n) is 7.71. The van der Waals surface area contributed by atoms with Crippen molar-refractivity contribution in [2.24, 2.45) is 0 Å². The molecule has 3 N–H and O–H groups in total. The monoisotopic (exact) mass is 340 g/mol. The lowest BCUT2D eigenvalue weighted by atomic mass is 9.99. The normalized spacial score (nSPS) is 11.6. The lowest BCUT2D eigenvalue weighted by Gasteiger charge is -2.17. The van der Waals surface area contributed by atoms with E-state index in [9.17, 15) is 4.79 Å². The van der Waals surface area contributed by atoms with Gasteiger partial charge in [0.1, 0.15) is 0 Å². The van der Waals surface area contributed by atoms with Crippen molar-refractivity contribution in [3.05, 3.63) is 77.4 Å². The molecule has 0 bridgehead atoms. The van der Waals surface area contributed by atoms with Gasteiger partial charge in [0.05, 0.1) is 6.04 Å². The molecule has 1 amide bonds. The Hall–Kier alpha value is -2.52. The van der Waals surface area contributed by atoms with Crippen LogP contribution in [0, 0.1) is 6.92 Å². The Bertz CT molecular complexity index is 871. The number of hydrogen-bond donors (Lipinski definition) is 2. The van der Waals surface area contributed by atoms with Gasteiger partial charge < -0.3 is 11.1 Å². The maximum absolute atomic E-state index is 12.6. The summed E-state index contributed by atoms with van der Waals surface area (Å²) in [6.45, 7) is 3.91. The largest absolute Gasteiger partial charge is 0.399 e. The lowest BCUT2D eigenvalue weighted by molar-refractivity contribution is 0.0939. The Labute approximate surface area is 148 Å². The molecule has 24 heavy (non-hydrogen) atoms. The fraction of sp³-hybridized carbons (Fsp3) is 0.150. The average molecular weight is 341 g/mol. The molecule has 4 heteroatoms. The molecule has 0 saturated carbocycles. The van der Waals surface area contributed by atoms with E-state index in [-0.39, 0.29) is 24.4 Å². The number of fused-ring (bicyclic) bond motifs is 1. The van der Waals surface area contributed by atoms with Crippen LogP contribution in [0.2, 0.25) is 0 Å². The molecular formula is C20H21ClN2O. The molecule has 0 unspecified atom stereocenters. The number of carbonyl (C=O) groups is 1. The summed E-state index contributed by atoms with van der Waals surface area (Å²) in [6, 6.07) is 19.7. The molecule has 0 heterocycles. The first-order valence-corrected chi connectivity index (χ1v) is 7.71. The average Bonchev–Trinajstić information content (AvgIpc) is 2.56. The summed E-state index contributed by atoms with van der Waals surface area (Å²) in [5.41, 5.74) is 9.05. The number of carbonyl (C=O) groups excluding carboxylic acids is 1. The molecular weight excluding hydrogens is 320 g/mol. The summed E-state index contributed by atoms with van der Waals surface area (Å²) < 4.78 is 0. The van der Waals surface area contributed by atoms with E-state index >= 15 is 0 Å².